The molecule has 0 atom stereocenters. The van der Waals surface area contributed by atoms with Gasteiger partial charge in [-0.25, -0.2) is 4.98 Å². The Morgan fingerprint density at radius 3 is 2.90 bits per heavy atom. The summed E-state index contributed by atoms with van der Waals surface area (Å²) >= 11 is 3.07. The Kier molecular flexibility index (Phi) is 3.54. The van der Waals surface area contributed by atoms with Crippen molar-refractivity contribution in [1.82, 2.24) is 20.2 Å². The number of para-hydroxylation sites is 1. The van der Waals surface area contributed by atoms with Gasteiger partial charge in [-0.3, -0.25) is 4.79 Å². The molecule has 102 valence electrons. The minimum absolute atomic E-state index is 0.0947. The van der Waals surface area contributed by atoms with Crippen molar-refractivity contribution in [3.63, 3.8) is 0 Å². The first-order chi connectivity index (χ1) is 9.63. The zero-order chi connectivity index (χ0) is 14.1. The van der Waals surface area contributed by atoms with Crippen LogP contribution in [0.5, 0.6) is 0 Å². The van der Waals surface area contributed by atoms with Gasteiger partial charge < -0.3 is 4.98 Å². The lowest BCUT2D eigenvalue weighted by Gasteiger charge is -2.03. The molecule has 2 heterocycles. The predicted octanol–water partition coefficient (Wildman–Crippen LogP) is 2.68. The SMILES string of the molecule is Cc1nnc(SCc2nc3c(C)cccc3c(=O)[nH]2)s1. The molecule has 0 spiro atoms. The molecule has 0 amide bonds. The summed E-state index contributed by atoms with van der Waals surface area (Å²) in [7, 11) is 0. The number of nitrogens with one attached hydrogen (secondary N) is 1. The average molecular weight is 304 g/mol. The van der Waals surface area contributed by atoms with Gasteiger partial charge in [0, 0.05) is 0 Å². The monoisotopic (exact) mass is 304 g/mol. The van der Waals surface area contributed by atoms with Gasteiger partial charge in [-0.05, 0) is 25.5 Å². The molecule has 0 unspecified atom stereocenters. The molecular weight excluding hydrogens is 292 g/mol. The third-order valence-electron chi connectivity index (χ3n) is 2.83. The van der Waals surface area contributed by atoms with Gasteiger partial charge in [-0.15, -0.1) is 10.2 Å². The Labute approximate surface area is 123 Å². The van der Waals surface area contributed by atoms with Crippen LogP contribution in [0.4, 0.5) is 0 Å². The molecule has 1 N–H and O–H groups in total. The minimum Gasteiger partial charge on any atom is -0.309 e. The van der Waals surface area contributed by atoms with E-state index in [2.05, 4.69) is 20.2 Å². The summed E-state index contributed by atoms with van der Waals surface area (Å²) in [5.74, 6) is 1.24. The maximum atomic E-state index is 12.0. The van der Waals surface area contributed by atoms with Gasteiger partial charge in [0.25, 0.3) is 5.56 Å². The van der Waals surface area contributed by atoms with E-state index in [9.17, 15) is 4.79 Å². The molecular formula is C13H12N4OS2. The second kappa shape index (κ2) is 5.34. The van der Waals surface area contributed by atoms with E-state index in [-0.39, 0.29) is 5.56 Å². The van der Waals surface area contributed by atoms with Crippen LogP contribution in [0, 0.1) is 13.8 Å². The lowest BCUT2D eigenvalue weighted by molar-refractivity contribution is 0.979. The summed E-state index contributed by atoms with van der Waals surface area (Å²) in [6, 6.07) is 5.62. The number of nitrogens with zero attached hydrogens (tertiary/aromatic N) is 3. The topological polar surface area (TPSA) is 71.5 Å². The molecule has 20 heavy (non-hydrogen) atoms. The van der Waals surface area contributed by atoms with E-state index in [1.54, 1.807) is 6.07 Å². The highest BCUT2D eigenvalue weighted by atomic mass is 32.2. The van der Waals surface area contributed by atoms with Crippen LogP contribution in [-0.4, -0.2) is 20.2 Å². The second-order valence-corrected chi connectivity index (χ2v) is 6.76. The van der Waals surface area contributed by atoms with Gasteiger partial charge in [0.05, 0.1) is 16.7 Å². The fourth-order valence-electron chi connectivity index (χ4n) is 1.89. The van der Waals surface area contributed by atoms with Crippen molar-refractivity contribution in [2.75, 3.05) is 0 Å². The molecule has 1 aromatic carbocycles. The quantitative estimate of drug-likeness (QED) is 0.753. The average Bonchev–Trinajstić information content (AvgIpc) is 2.84. The van der Waals surface area contributed by atoms with Crippen LogP contribution in [0.15, 0.2) is 27.3 Å². The Bertz CT molecular complexity index is 825. The number of hydrogen-bond donors (Lipinski definition) is 1. The number of rotatable bonds is 3. The van der Waals surface area contributed by atoms with E-state index >= 15 is 0 Å². The highest BCUT2D eigenvalue weighted by Crippen LogP contribution is 2.24. The summed E-state index contributed by atoms with van der Waals surface area (Å²) < 4.78 is 0.884. The van der Waals surface area contributed by atoms with E-state index in [4.69, 9.17) is 0 Å². The minimum atomic E-state index is -0.0947. The fraction of sp³-hybridized carbons (Fsp3) is 0.231. The highest BCUT2D eigenvalue weighted by molar-refractivity contribution is 8.00. The normalized spacial score (nSPS) is 11.1. The number of aromatic nitrogens is 4. The Balaban J connectivity index is 1.92. The van der Waals surface area contributed by atoms with Gasteiger partial charge in [0.15, 0.2) is 4.34 Å². The number of fused-ring (bicyclic) bond motifs is 1. The van der Waals surface area contributed by atoms with Gasteiger partial charge in [0.1, 0.15) is 10.8 Å². The third kappa shape index (κ3) is 2.59. The van der Waals surface area contributed by atoms with Crippen molar-refractivity contribution in [2.45, 2.75) is 23.9 Å². The van der Waals surface area contributed by atoms with E-state index in [0.29, 0.717) is 17.0 Å². The molecule has 3 aromatic rings. The van der Waals surface area contributed by atoms with Crippen molar-refractivity contribution in [1.29, 1.82) is 0 Å². The molecule has 5 nitrogen and oxygen atoms in total. The molecule has 0 bridgehead atoms. The first-order valence-corrected chi connectivity index (χ1v) is 7.85. The van der Waals surface area contributed by atoms with Gasteiger partial charge in [-0.1, -0.05) is 35.2 Å². The van der Waals surface area contributed by atoms with Crippen molar-refractivity contribution >= 4 is 34.0 Å². The maximum absolute atomic E-state index is 12.0. The molecule has 2 aromatic heterocycles. The summed E-state index contributed by atoms with van der Waals surface area (Å²) in [6.45, 7) is 3.88. The number of benzene rings is 1. The van der Waals surface area contributed by atoms with Gasteiger partial charge in [0.2, 0.25) is 0 Å². The molecule has 0 aliphatic rings. The van der Waals surface area contributed by atoms with Crippen LogP contribution in [0.3, 0.4) is 0 Å². The molecule has 0 saturated heterocycles. The molecule has 0 aliphatic carbocycles. The van der Waals surface area contributed by atoms with E-state index in [1.165, 1.54) is 23.1 Å². The first-order valence-electron chi connectivity index (χ1n) is 6.05. The first kappa shape index (κ1) is 13.3. The maximum Gasteiger partial charge on any atom is 0.258 e. The molecule has 0 fully saturated rings. The van der Waals surface area contributed by atoms with Crippen molar-refractivity contribution in [2.24, 2.45) is 0 Å². The standard InChI is InChI=1S/C13H12N4OS2/c1-7-4-3-5-9-11(7)14-10(15-12(9)18)6-19-13-17-16-8(2)20-13/h3-5H,6H2,1-2H3,(H,14,15,18). The molecule has 3 rings (SSSR count). The van der Waals surface area contributed by atoms with Crippen LogP contribution < -0.4 is 5.56 Å². The summed E-state index contributed by atoms with van der Waals surface area (Å²) in [5.41, 5.74) is 1.68. The molecule has 0 radical (unpaired) electrons. The number of aryl methyl sites for hydroxylation is 2. The van der Waals surface area contributed by atoms with Crippen LogP contribution in [0.1, 0.15) is 16.4 Å². The third-order valence-corrected chi connectivity index (χ3v) is 4.81. The van der Waals surface area contributed by atoms with Crippen molar-refractivity contribution < 1.29 is 0 Å². The van der Waals surface area contributed by atoms with E-state index in [1.807, 2.05) is 26.0 Å². The number of H-pyrrole nitrogens is 1. The summed E-state index contributed by atoms with van der Waals surface area (Å²) in [5, 5.41) is 9.57. The summed E-state index contributed by atoms with van der Waals surface area (Å²) in [4.78, 5) is 19.4. The zero-order valence-electron chi connectivity index (χ0n) is 11.0. The number of hydrogen-bond acceptors (Lipinski definition) is 6. The second-order valence-electron chi connectivity index (χ2n) is 4.36. The van der Waals surface area contributed by atoms with Crippen LogP contribution in [0.25, 0.3) is 10.9 Å². The molecule has 0 saturated carbocycles. The Morgan fingerprint density at radius 2 is 2.15 bits per heavy atom. The van der Waals surface area contributed by atoms with Gasteiger partial charge >= 0.3 is 0 Å². The highest BCUT2D eigenvalue weighted by Gasteiger charge is 2.08. The number of thioether (sulfide) groups is 1. The van der Waals surface area contributed by atoms with Crippen LogP contribution in [0.2, 0.25) is 0 Å². The lowest BCUT2D eigenvalue weighted by atomic mass is 10.1. The lowest BCUT2D eigenvalue weighted by Crippen LogP contribution is -2.11. The number of aromatic amines is 1. The van der Waals surface area contributed by atoms with Crippen molar-refractivity contribution in [3.8, 4) is 0 Å². The smallest absolute Gasteiger partial charge is 0.258 e. The summed E-state index contributed by atoms with van der Waals surface area (Å²) in [6.07, 6.45) is 0. The molecule has 0 aliphatic heterocycles. The van der Waals surface area contributed by atoms with Crippen molar-refractivity contribution in [3.05, 3.63) is 44.9 Å². The van der Waals surface area contributed by atoms with Gasteiger partial charge in [-0.2, -0.15) is 0 Å². The van der Waals surface area contributed by atoms with Crippen LogP contribution >= 0.6 is 23.1 Å². The molecule has 7 heteroatoms. The Hall–Kier alpha value is -1.73. The predicted molar refractivity (Wildman–Crippen MR) is 81.3 cm³/mol. The largest absolute Gasteiger partial charge is 0.309 e. The fourth-order valence-corrected chi connectivity index (χ4v) is 3.57. The Morgan fingerprint density at radius 1 is 1.30 bits per heavy atom. The van der Waals surface area contributed by atoms with E-state index < -0.39 is 0 Å². The van der Waals surface area contributed by atoms with Crippen LogP contribution in [-0.2, 0) is 5.75 Å². The zero-order valence-corrected chi connectivity index (χ0v) is 12.6. The van der Waals surface area contributed by atoms with E-state index in [0.717, 1.165) is 20.4 Å².